The van der Waals surface area contributed by atoms with Crippen molar-refractivity contribution in [3.8, 4) is 5.75 Å². The normalized spacial score (nSPS) is 21.6. The molecule has 2 heterocycles. The Balaban J connectivity index is 1.98. The average Bonchev–Trinajstić information content (AvgIpc) is 2.87. The fourth-order valence-corrected chi connectivity index (χ4v) is 4.32. The van der Waals surface area contributed by atoms with Crippen molar-refractivity contribution in [2.24, 2.45) is 5.41 Å². The lowest BCUT2D eigenvalue weighted by Gasteiger charge is -2.37. The number of aromatic nitrogens is 1. The van der Waals surface area contributed by atoms with E-state index >= 15 is 0 Å². The number of nitrogens with one attached hydrogen (secondary N) is 1. The second kappa shape index (κ2) is 5.46. The molecule has 1 aliphatic heterocycles. The first-order valence-electron chi connectivity index (χ1n) is 8.25. The molecule has 2 aliphatic rings. The Morgan fingerprint density at radius 3 is 2.88 bits per heavy atom. The number of halogens is 1. The highest BCUT2D eigenvalue weighted by Gasteiger charge is 2.43. The van der Waals surface area contributed by atoms with Crippen LogP contribution in [0.3, 0.4) is 0 Å². The summed E-state index contributed by atoms with van der Waals surface area (Å²) < 4.78 is 6.31. The maximum Gasteiger partial charge on any atom is 0.233 e. The maximum atomic E-state index is 13.0. The van der Waals surface area contributed by atoms with Crippen molar-refractivity contribution < 1.29 is 14.4 Å². The van der Waals surface area contributed by atoms with Crippen molar-refractivity contribution in [1.82, 2.24) is 5.16 Å². The topological polar surface area (TPSA) is 75.4 Å². The van der Waals surface area contributed by atoms with Crippen LogP contribution in [-0.4, -0.2) is 16.0 Å². The van der Waals surface area contributed by atoms with Crippen LogP contribution in [0.1, 0.15) is 49.4 Å². The second-order valence-electron chi connectivity index (χ2n) is 7.61. The molecule has 0 amide bonds. The third-order valence-corrected chi connectivity index (χ3v) is 5.46. The zero-order valence-corrected chi connectivity index (χ0v) is 15.9. The molecule has 2 N–H and O–H groups in total. The van der Waals surface area contributed by atoms with Gasteiger partial charge in [0.2, 0.25) is 5.88 Å². The van der Waals surface area contributed by atoms with Gasteiger partial charge in [-0.2, -0.15) is 0 Å². The molecule has 0 radical (unpaired) electrons. The quantitative estimate of drug-likeness (QED) is 0.725. The zero-order chi connectivity index (χ0) is 17.9. The van der Waals surface area contributed by atoms with E-state index in [1.807, 2.05) is 13.0 Å². The van der Waals surface area contributed by atoms with E-state index in [-0.39, 0.29) is 22.9 Å². The molecule has 0 saturated carbocycles. The molecule has 4 rings (SSSR count). The predicted molar refractivity (Wildman–Crippen MR) is 97.6 cm³/mol. The smallest absolute Gasteiger partial charge is 0.233 e. The minimum absolute atomic E-state index is 0.106. The number of ketones is 1. The number of aromatic hydroxyl groups is 1. The Morgan fingerprint density at radius 2 is 2.12 bits per heavy atom. The second-order valence-corrected chi connectivity index (χ2v) is 8.52. The Kier molecular flexibility index (Phi) is 3.58. The van der Waals surface area contributed by atoms with Gasteiger partial charge >= 0.3 is 0 Å². The molecule has 1 unspecified atom stereocenters. The summed E-state index contributed by atoms with van der Waals surface area (Å²) in [5.74, 6) is 0.449. The molecule has 1 aliphatic carbocycles. The van der Waals surface area contributed by atoms with E-state index < -0.39 is 0 Å². The summed E-state index contributed by atoms with van der Waals surface area (Å²) in [4.78, 5) is 13.0. The number of anilines is 1. The summed E-state index contributed by atoms with van der Waals surface area (Å²) in [6.45, 7) is 6.03. The lowest BCUT2D eigenvalue weighted by atomic mass is 9.69. The summed E-state index contributed by atoms with van der Waals surface area (Å²) in [7, 11) is 0. The van der Waals surface area contributed by atoms with Crippen LogP contribution in [0.2, 0.25) is 0 Å². The van der Waals surface area contributed by atoms with Crippen LogP contribution < -0.4 is 5.32 Å². The maximum absolute atomic E-state index is 13.0. The summed E-state index contributed by atoms with van der Waals surface area (Å²) in [5, 5.41) is 17.8. The minimum Gasteiger partial charge on any atom is -0.508 e. The van der Waals surface area contributed by atoms with Crippen molar-refractivity contribution in [2.45, 2.75) is 39.5 Å². The van der Waals surface area contributed by atoms with Crippen LogP contribution in [0.5, 0.6) is 5.75 Å². The van der Waals surface area contributed by atoms with E-state index in [2.05, 4.69) is 40.3 Å². The van der Waals surface area contributed by atoms with Gasteiger partial charge in [0.15, 0.2) is 5.78 Å². The number of hydrogen-bond donors (Lipinski definition) is 2. The van der Waals surface area contributed by atoms with E-state index in [0.29, 0.717) is 23.4 Å². The molecule has 1 aromatic carbocycles. The predicted octanol–water partition coefficient (Wildman–Crippen LogP) is 4.65. The number of Topliss-reactive ketones (excluding diaryl/α,β-unsaturated/α-hetero) is 1. The van der Waals surface area contributed by atoms with Crippen LogP contribution in [0.15, 0.2) is 38.5 Å². The Labute approximate surface area is 154 Å². The van der Waals surface area contributed by atoms with Crippen LogP contribution in [-0.2, 0) is 4.79 Å². The van der Waals surface area contributed by atoms with Crippen LogP contribution in [0.4, 0.5) is 5.88 Å². The highest BCUT2D eigenvalue weighted by Crippen LogP contribution is 2.51. The average molecular weight is 403 g/mol. The van der Waals surface area contributed by atoms with Crippen LogP contribution >= 0.6 is 15.9 Å². The molecule has 0 fully saturated rings. The monoisotopic (exact) mass is 402 g/mol. The third kappa shape index (κ3) is 2.59. The van der Waals surface area contributed by atoms with Gasteiger partial charge < -0.3 is 14.9 Å². The van der Waals surface area contributed by atoms with Gasteiger partial charge in [-0.05, 0) is 37.0 Å². The van der Waals surface area contributed by atoms with Crippen molar-refractivity contribution in [1.29, 1.82) is 0 Å². The van der Waals surface area contributed by atoms with Gasteiger partial charge in [-0.1, -0.05) is 34.9 Å². The van der Waals surface area contributed by atoms with Crippen molar-refractivity contribution in [2.75, 3.05) is 5.32 Å². The molecule has 5 nitrogen and oxygen atoms in total. The van der Waals surface area contributed by atoms with E-state index in [0.717, 1.165) is 27.8 Å². The van der Waals surface area contributed by atoms with Gasteiger partial charge in [0.25, 0.3) is 0 Å². The highest BCUT2D eigenvalue weighted by molar-refractivity contribution is 9.10. The van der Waals surface area contributed by atoms with Crippen LogP contribution in [0, 0.1) is 12.3 Å². The van der Waals surface area contributed by atoms with E-state index in [4.69, 9.17) is 4.52 Å². The SMILES string of the molecule is Cc1noc2c1C(c1cc(Br)ccc1O)C1=C(CC(C)(C)CC1=O)N2. The van der Waals surface area contributed by atoms with Gasteiger partial charge in [0.1, 0.15) is 5.75 Å². The number of aryl methyl sites for hydroxylation is 1. The number of carbonyl (C=O) groups excluding carboxylic acids is 1. The standard InChI is InChI=1S/C19H19BrN2O3/c1-9-15-16(11-6-10(20)4-5-13(11)23)17-12(21-18(15)25-22-9)7-19(2,3)8-14(17)24/h4-6,16,21,23H,7-8H2,1-3H3. The Hall–Kier alpha value is -2.08. The number of phenolic OH excluding ortho intramolecular Hbond substituents is 1. The van der Waals surface area contributed by atoms with Crippen LogP contribution in [0.25, 0.3) is 0 Å². The number of nitrogens with zero attached hydrogens (tertiary/aromatic N) is 1. The summed E-state index contributed by atoms with van der Waals surface area (Å²) in [6.07, 6.45) is 1.23. The number of carbonyl (C=O) groups is 1. The van der Waals surface area contributed by atoms with E-state index in [1.165, 1.54) is 0 Å². The molecule has 1 atom stereocenters. The Bertz CT molecular complexity index is 927. The van der Waals surface area contributed by atoms with Crippen molar-refractivity contribution in [3.63, 3.8) is 0 Å². The molecule has 130 valence electrons. The van der Waals surface area contributed by atoms with Gasteiger partial charge in [0, 0.05) is 27.7 Å². The largest absolute Gasteiger partial charge is 0.508 e. The molecule has 0 saturated heterocycles. The van der Waals surface area contributed by atoms with Gasteiger partial charge in [-0.15, -0.1) is 0 Å². The molecule has 0 bridgehead atoms. The molecular formula is C19H19BrN2O3. The summed E-state index contributed by atoms with van der Waals surface area (Å²) >= 11 is 3.47. The first-order chi connectivity index (χ1) is 11.8. The number of benzene rings is 1. The van der Waals surface area contributed by atoms with Crippen molar-refractivity contribution in [3.05, 3.63) is 50.8 Å². The number of hydrogen-bond acceptors (Lipinski definition) is 5. The molecule has 25 heavy (non-hydrogen) atoms. The number of allylic oxidation sites excluding steroid dienone is 2. The molecule has 6 heteroatoms. The summed E-state index contributed by atoms with van der Waals surface area (Å²) in [5.41, 5.74) is 3.69. The van der Waals surface area contributed by atoms with E-state index in [1.54, 1.807) is 12.1 Å². The number of phenols is 1. The first kappa shape index (κ1) is 16.4. The molecule has 0 spiro atoms. The zero-order valence-electron chi connectivity index (χ0n) is 14.3. The van der Waals surface area contributed by atoms with Gasteiger partial charge in [-0.25, -0.2) is 0 Å². The number of rotatable bonds is 1. The Morgan fingerprint density at radius 1 is 1.36 bits per heavy atom. The van der Waals surface area contributed by atoms with E-state index in [9.17, 15) is 9.90 Å². The van der Waals surface area contributed by atoms with Gasteiger partial charge in [0.05, 0.1) is 17.2 Å². The lowest BCUT2D eigenvalue weighted by molar-refractivity contribution is -0.118. The lowest BCUT2D eigenvalue weighted by Crippen LogP contribution is -2.33. The fraction of sp³-hybridized carbons (Fsp3) is 0.368. The van der Waals surface area contributed by atoms with Crippen molar-refractivity contribution >= 4 is 27.6 Å². The third-order valence-electron chi connectivity index (χ3n) is 4.97. The number of fused-ring (bicyclic) bond motifs is 1. The highest BCUT2D eigenvalue weighted by atomic mass is 79.9. The molecular weight excluding hydrogens is 384 g/mol. The fourth-order valence-electron chi connectivity index (χ4n) is 3.94. The first-order valence-corrected chi connectivity index (χ1v) is 9.04. The van der Waals surface area contributed by atoms with Gasteiger partial charge in [-0.3, -0.25) is 4.79 Å². The molecule has 1 aromatic heterocycles. The minimum atomic E-state index is -0.376. The summed E-state index contributed by atoms with van der Waals surface area (Å²) in [6, 6.07) is 5.28. The molecule has 2 aromatic rings.